The van der Waals surface area contributed by atoms with E-state index in [0.29, 0.717) is 5.92 Å². The fraction of sp³-hybridized carbons (Fsp3) is 0.714. The Hall–Kier alpha value is -1.06. The summed E-state index contributed by atoms with van der Waals surface area (Å²) in [4.78, 5) is 0. The largest absolute Gasteiger partial charge is 0.496 e. The second kappa shape index (κ2) is 7.45. The van der Waals surface area contributed by atoms with Crippen LogP contribution in [0.1, 0.15) is 68.6 Å². The number of aliphatic hydroxyl groups is 1. The van der Waals surface area contributed by atoms with Crippen LogP contribution in [0.4, 0.5) is 0 Å². The van der Waals surface area contributed by atoms with Crippen LogP contribution >= 0.6 is 0 Å². The third-order valence-electron chi connectivity index (χ3n) is 5.83. The minimum Gasteiger partial charge on any atom is -0.496 e. The third-order valence-corrected chi connectivity index (χ3v) is 5.83. The van der Waals surface area contributed by atoms with Crippen molar-refractivity contribution in [3.63, 3.8) is 0 Å². The molecule has 0 radical (unpaired) electrons. The predicted molar refractivity (Wildman–Crippen MR) is 96.8 cm³/mol. The second-order valence-corrected chi connectivity index (χ2v) is 8.00. The van der Waals surface area contributed by atoms with Crippen LogP contribution < -0.4 is 4.74 Å². The van der Waals surface area contributed by atoms with Crippen LogP contribution in [0.5, 0.6) is 5.75 Å². The molecule has 2 aliphatic rings. The zero-order valence-electron chi connectivity index (χ0n) is 15.4. The summed E-state index contributed by atoms with van der Waals surface area (Å²) >= 11 is 0. The Morgan fingerprint density at radius 1 is 1.33 bits per heavy atom. The first-order chi connectivity index (χ1) is 11.6. The summed E-state index contributed by atoms with van der Waals surface area (Å²) in [5, 5.41) is 9.36. The third kappa shape index (κ3) is 3.94. The topological polar surface area (TPSA) is 42.0 Å². The molecular formula is C21H32O3. The molecule has 0 bridgehead atoms. The van der Waals surface area contributed by atoms with E-state index in [2.05, 4.69) is 26.0 Å². The standard InChI is InChI=1S/C21H32O3/c1-15(2)19-11-17-8-4-6-16(10-18(17)12-20(19)23-3)7-5-9-21(13-22)14-24-21/h11-12,15-16,22H,4-10,13-14H2,1-3H3/t16-,21+/m1/s1. The highest BCUT2D eigenvalue weighted by Gasteiger charge is 2.43. The number of ether oxygens (including phenoxy) is 2. The van der Waals surface area contributed by atoms with Crippen molar-refractivity contribution in [2.75, 3.05) is 20.3 Å². The molecule has 0 aromatic heterocycles. The average molecular weight is 332 g/mol. The van der Waals surface area contributed by atoms with E-state index in [9.17, 15) is 5.11 Å². The van der Waals surface area contributed by atoms with Crippen molar-refractivity contribution >= 4 is 0 Å². The van der Waals surface area contributed by atoms with Crippen LogP contribution in [0.2, 0.25) is 0 Å². The van der Waals surface area contributed by atoms with Gasteiger partial charge in [0.15, 0.2) is 0 Å². The fourth-order valence-electron chi connectivity index (χ4n) is 4.11. The molecule has 1 aliphatic heterocycles. The van der Waals surface area contributed by atoms with E-state index in [0.717, 1.165) is 37.5 Å². The van der Waals surface area contributed by atoms with Crippen LogP contribution in [-0.2, 0) is 17.6 Å². The molecule has 1 fully saturated rings. The van der Waals surface area contributed by atoms with E-state index in [1.807, 2.05) is 0 Å². The highest BCUT2D eigenvalue weighted by molar-refractivity contribution is 5.45. The van der Waals surface area contributed by atoms with E-state index >= 15 is 0 Å². The zero-order valence-corrected chi connectivity index (χ0v) is 15.4. The number of aryl methyl sites for hydroxylation is 1. The van der Waals surface area contributed by atoms with Gasteiger partial charge in [0.25, 0.3) is 0 Å². The Labute approximate surface area is 146 Å². The van der Waals surface area contributed by atoms with Gasteiger partial charge in [0.05, 0.1) is 20.3 Å². The Morgan fingerprint density at radius 3 is 2.75 bits per heavy atom. The van der Waals surface area contributed by atoms with Crippen LogP contribution in [0.15, 0.2) is 12.1 Å². The van der Waals surface area contributed by atoms with Crippen LogP contribution in [0.3, 0.4) is 0 Å². The molecule has 1 aromatic rings. The summed E-state index contributed by atoms with van der Waals surface area (Å²) in [6, 6.07) is 4.68. The summed E-state index contributed by atoms with van der Waals surface area (Å²) in [7, 11) is 1.78. The minimum atomic E-state index is -0.183. The van der Waals surface area contributed by atoms with Gasteiger partial charge in [-0.25, -0.2) is 0 Å². The molecule has 2 atom stereocenters. The number of rotatable bonds is 7. The monoisotopic (exact) mass is 332 g/mol. The van der Waals surface area contributed by atoms with Crippen molar-refractivity contribution in [3.05, 3.63) is 28.8 Å². The van der Waals surface area contributed by atoms with Gasteiger partial charge in [-0.3, -0.25) is 0 Å². The lowest BCUT2D eigenvalue weighted by molar-refractivity contribution is 0.159. The second-order valence-electron chi connectivity index (χ2n) is 8.00. The quantitative estimate of drug-likeness (QED) is 0.600. The number of aliphatic hydroxyl groups excluding tert-OH is 1. The van der Waals surface area contributed by atoms with E-state index in [1.165, 1.54) is 42.4 Å². The number of benzene rings is 1. The minimum absolute atomic E-state index is 0.176. The van der Waals surface area contributed by atoms with E-state index < -0.39 is 0 Å². The molecule has 1 aliphatic carbocycles. The van der Waals surface area contributed by atoms with Crippen LogP contribution in [0, 0.1) is 5.92 Å². The molecule has 0 saturated carbocycles. The van der Waals surface area contributed by atoms with Gasteiger partial charge in [0.1, 0.15) is 11.4 Å². The number of epoxide rings is 1. The van der Waals surface area contributed by atoms with Crippen molar-refractivity contribution < 1.29 is 14.6 Å². The molecule has 3 rings (SSSR count). The number of methoxy groups -OCH3 is 1. The molecule has 0 spiro atoms. The van der Waals surface area contributed by atoms with Gasteiger partial charge in [-0.1, -0.05) is 32.8 Å². The summed E-state index contributed by atoms with van der Waals surface area (Å²) in [5.41, 5.74) is 4.17. The van der Waals surface area contributed by atoms with Gasteiger partial charge in [-0.05, 0) is 66.7 Å². The molecular weight excluding hydrogens is 300 g/mol. The SMILES string of the molecule is COc1cc2c(cc1C(C)C)CCC[C@H](CCC[C@]1(CO)CO1)C2. The Kier molecular flexibility index (Phi) is 5.51. The van der Waals surface area contributed by atoms with Crippen LogP contribution in [-0.4, -0.2) is 31.0 Å². The first-order valence-electron chi connectivity index (χ1n) is 9.51. The highest BCUT2D eigenvalue weighted by atomic mass is 16.6. The molecule has 1 saturated heterocycles. The highest BCUT2D eigenvalue weighted by Crippen LogP contribution is 2.37. The maximum atomic E-state index is 9.36. The average Bonchev–Trinajstić information content (AvgIpc) is 3.37. The Balaban J connectivity index is 1.66. The van der Waals surface area contributed by atoms with E-state index in [4.69, 9.17) is 9.47 Å². The van der Waals surface area contributed by atoms with Gasteiger partial charge in [-0.15, -0.1) is 0 Å². The van der Waals surface area contributed by atoms with E-state index in [1.54, 1.807) is 7.11 Å². The summed E-state index contributed by atoms with van der Waals surface area (Å²) in [6.45, 7) is 5.39. The lowest BCUT2D eigenvalue weighted by Crippen LogP contribution is -2.17. The molecule has 1 heterocycles. The summed E-state index contributed by atoms with van der Waals surface area (Å²) in [6.07, 6.45) is 8.34. The van der Waals surface area contributed by atoms with Gasteiger partial charge in [0, 0.05) is 0 Å². The predicted octanol–water partition coefficient (Wildman–Crippen LogP) is 4.25. The van der Waals surface area contributed by atoms with Gasteiger partial charge in [0.2, 0.25) is 0 Å². The molecule has 1 aromatic carbocycles. The molecule has 0 unspecified atom stereocenters. The van der Waals surface area contributed by atoms with Crippen LogP contribution in [0.25, 0.3) is 0 Å². The van der Waals surface area contributed by atoms with E-state index in [-0.39, 0.29) is 12.2 Å². The summed E-state index contributed by atoms with van der Waals surface area (Å²) < 4.78 is 11.1. The molecule has 3 heteroatoms. The molecule has 1 N–H and O–H groups in total. The van der Waals surface area contributed by atoms with Crippen molar-refractivity contribution in [3.8, 4) is 5.75 Å². The smallest absolute Gasteiger partial charge is 0.122 e. The van der Waals surface area contributed by atoms with Gasteiger partial charge < -0.3 is 14.6 Å². The van der Waals surface area contributed by atoms with Crippen molar-refractivity contribution in [2.24, 2.45) is 5.92 Å². The Bertz CT molecular complexity index is 560. The fourth-order valence-corrected chi connectivity index (χ4v) is 4.11. The zero-order chi connectivity index (χ0) is 17.2. The van der Waals surface area contributed by atoms with Crippen molar-refractivity contribution in [2.45, 2.75) is 70.3 Å². The molecule has 24 heavy (non-hydrogen) atoms. The first kappa shape index (κ1) is 17.8. The van der Waals surface area contributed by atoms with Crippen molar-refractivity contribution in [1.82, 2.24) is 0 Å². The maximum absolute atomic E-state index is 9.36. The van der Waals surface area contributed by atoms with Crippen molar-refractivity contribution in [1.29, 1.82) is 0 Å². The summed E-state index contributed by atoms with van der Waals surface area (Å²) in [5.74, 6) is 2.29. The number of hydrogen-bond donors (Lipinski definition) is 1. The normalized spacial score (nSPS) is 26.1. The first-order valence-corrected chi connectivity index (χ1v) is 9.51. The molecule has 0 amide bonds. The lowest BCUT2D eigenvalue weighted by Gasteiger charge is -2.18. The molecule has 3 nitrogen and oxygen atoms in total. The number of hydrogen-bond acceptors (Lipinski definition) is 3. The number of fused-ring (bicyclic) bond motifs is 1. The van der Waals surface area contributed by atoms with Gasteiger partial charge in [-0.2, -0.15) is 0 Å². The van der Waals surface area contributed by atoms with Gasteiger partial charge >= 0.3 is 0 Å². The maximum Gasteiger partial charge on any atom is 0.122 e. The lowest BCUT2D eigenvalue weighted by atomic mass is 9.89. The molecule has 134 valence electrons. The Morgan fingerprint density at radius 2 is 2.12 bits per heavy atom.